The van der Waals surface area contributed by atoms with Crippen molar-refractivity contribution in [3.05, 3.63) is 23.8 Å². The van der Waals surface area contributed by atoms with Crippen molar-refractivity contribution in [1.29, 1.82) is 0 Å². The molecule has 1 aromatic carbocycles. The van der Waals surface area contributed by atoms with E-state index in [2.05, 4.69) is 5.32 Å². The number of ether oxygens (including phenoxy) is 2. The van der Waals surface area contributed by atoms with Crippen molar-refractivity contribution in [2.45, 2.75) is 37.1 Å². The van der Waals surface area contributed by atoms with Gasteiger partial charge in [-0.05, 0) is 38.5 Å². The molecule has 0 aromatic heterocycles. The number of carbonyl (C=O) groups is 2. The fraction of sp³-hybridized carbons (Fsp3) is 0.467. The summed E-state index contributed by atoms with van der Waals surface area (Å²) in [6.45, 7) is 5.76. The molecule has 0 aliphatic heterocycles. The second-order valence-electron chi connectivity index (χ2n) is 4.72. The molecule has 0 aliphatic carbocycles. The molecule has 0 saturated heterocycles. The summed E-state index contributed by atoms with van der Waals surface area (Å²) in [7, 11) is 0. The molecule has 0 spiro atoms. The van der Waals surface area contributed by atoms with Gasteiger partial charge in [0.25, 0.3) is 9.70 Å². The van der Waals surface area contributed by atoms with Gasteiger partial charge >= 0.3 is 5.97 Å². The fourth-order valence-electron chi connectivity index (χ4n) is 1.58. The third-order valence-electron chi connectivity index (χ3n) is 2.89. The van der Waals surface area contributed by atoms with Crippen LogP contribution in [0.1, 0.15) is 37.6 Å². The van der Waals surface area contributed by atoms with Gasteiger partial charge in [-0.15, -0.1) is 0 Å². The molecular weight excluding hydrogens is 365 g/mol. The van der Waals surface area contributed by atoms with Crippen molar-refractivity contribution in [1.82, 2.24) is 0 Å². The second-order valence-corrected chi connectivity index (χ2v) is 7.00. The summed E-state index contributed by atoms with van der Waals surface area (Å²) in [6.07, 6.45) is 0.693. The summed E-state index contributed by atoms with van der Waals surface area (Å²) < 4.78 is 8.60. The number of rotatable bonds is 6. The zero-order valence-electron chi connectivity index (χ0n) is 13.0. The van der Waals surface area contributed by atoms with Gasteiger partial charge in [0, 0.05) is 5.69 Å². The van der Waals surface area contributed by atoms with Crippen LogP contribution in [0.25, 0.3) is 0 Å². The lowest BCUT2D eigenvalue weighted by atomic mass is 10.1. The Morgan fingerprint density at radius 3 is 2.43 bits per heavy atom. The van der Waals surface area contributed by atoms with E-state index in [1.807, 2.05) is 13.8 Å². The van der Waals surface area contributed by atoms with Crippen LogP contribution in [0, 0.1) is 0 Å². The number of esters is 1. The lowest BCUT2D eigenvalue weighted by molar-refractivity contribution is -0.115. The number of carbonyl (C=O) groups excluding carboxylic acids is 2. The van der Waals surface area contributed by atoms with Crippen LogP contribution in [0.2, 0.25) is 0 Å². The highest BCUT2D eigenvalue weighted by atomic mass is 35.6. The first-order chi connectivity index (χ1) is 10.7. The molecule has 0 aliphatic rings. The summed E-state index contributed by atoms with van der Waals surface area (Å²) in [6, 6.07) is 4.53. The Bertz CT molecular complexity index is 572. The van der Waals surface area contributed by atoms with E-state index in [1.54, 1.807) is 19.1 Å². The molecule has 1 rings (SSSR count). The number of amides is 1. The SMILES string of the molecule is CCOC(=O)c1cc(NC(=O)C(Cl)(Cl)Cl)ccc1OC(C)CC. The van der Waals surface area contributed by atoms with Crippen molar-refractivity contribution in [3.63, 3.8) is 0 Å². The van der Waals surface area contributed by atoms with Crippen LogP contribution in [0.3, 0.4) is 0 Å². The van der Waals surface area contributed by atoms with Crippen molar-refractivity contribution in [3.8, 4) is 5.75 Å². The van der Waals surface area contributed by atoms with Crippen molar-refractivity contribution in [2.24, 2.45) is 0 Å². The average molecular weight is 383 g/mol. The molecule has 1 atom stereocenters. The standard InChI is InChI=1S/C15H18Cl3NO4/c1-4-9(3)23-12-7-6-10(19-14(21)15(16,17)18)8-11(12)13(20)22-5-2/h6-9H,4-5H2,1-3H3,(H,19,21). The molecule has 1 aromatic rings. The van der Waals surface area contributed by atoms with Gasteiger partial charge < -0.3 is 14.8 Å². The number of nitrogens with one attached hydrogen (secondary N) is 1. The van der Waals surface area contributed by atoms with E-state index in [4.69, 9.17) is 44.3 Å². The molecule has 1 N–H and O–H groups in total. The van der Waals surface area contributed by atoms with E-state index in [0.29, 0.717) is 11.4 Å². The number of halogens is 3. The molecule has 128 valence electrons. The highest BCUT2D eigenvalue weighted by molar-refractivity contribution is 6.76. The maximum absolute atomic E-state index is 12.1. The smallest absolute Gasteiger partial charge is 0.341 e. The number of alkyl halides is 3. The van der Waals surface area contributed by atoms with Gasteiger partial charge in [-0.1, -0.05) is 41.7 Å². The quantitative estimate of drug-likeness (QED) is 0.587. The summed E-state index contributed by atoms with van der Waals surface area (Å²) in [5, 5.41) is 2.42. The molecule has 8 heteroatoms. The lowest BCUT2D eigenvalue weighted by Crippen LogP contribution is -2.27. The van der Waals surface area contributed by atoms with Crippen molar-refractivity contribution < 1.29 is 19.1 Å². The number of hydrogen-bond donors (Lipinski definition) is 1. The van der Waals surface area contributed by atoms with Gasteiger partial charge in [-0.3, -0.25) is 4.79 Å². The van der Waals surface area contributed by atoms with E-state index >= 15 is 0 Å². The minimum absolute atomic E-state index is 0.0789. The molecular formula is C15H18Cl3NO4. The zero-order valence-corrected chi connectivity index (χ0v) is 15.3. The Hall–Kier alpha value is -1.17. The van der Waals surface area contributed by atoms with E-state index in [9.17, 15) is 9.59 Å². The predicted molar refractivity (Wildman–Crippen MR) is 91.7 cm³/mol. The molecule has 0 saturated carbocycles. The third kappa shape index (κ3) is 6.09. The van der Waals surface area contributed by atoms with Crippen LogP contribution in [0.4, 0.5) is 5.69 Å². The Morgan fingerprint density at radius 1 is 1.26 bits per heavy atom. The highest BCUT2D eigenvalue weighted by Gasteiger charge is 2.31. The number of hydrogen-bond acceptors (Lipinski definition) is 4. The van der Waals surface area contributed by atoms with Crippen LogP contribution in [-0.2, 0) is 9.53 Å². The molecule has 0 heterocycles. The van der Waals surface area contributed by atoms with Gasteiger partial charge in [-0.25, -0.2) is 4.79 Å². The normalized spacial score (nSPS) is 12.4. The van der Waals surface area contributed by atoms with E-state index in [-0.39, 0.29) is 18.3 Å². The minimum Gasteiger partial charge on any atom is -0.490 e. The predicted octanol–water partition coefficient (Wildman–Crippen LogP) is 4.35. The Balaban J connectivity index is 3.11. The lowest BCUT2D eigenvalue weighted by Gasteiger charge is -2.17. The minimum atomic E-state index is -2.10. The largest absolute Gasteiger partial charge is 0.490 e. The number of benzene rings is 1. The van der Waals surface area contributed by atoms with E-state index in [1.165, 1.54) is 6.07 Å². The van der Waals surface area contributed by atoms with Gasteiger partial charge in [0.2, 0.25) is 0 Å². The monoisotopic (exact) mass is 381 g/mol. The Morgan fingerprint density at radius 2 is 1.91 bits per heavy atom. The first-order valence-electron chi connectivity index (χ1n) is 7.05. The first-order valence-corrected chi connectivity index (χ1v) is 8.18. The summed E-state index contributed by atoms with van der Waals surface area (Å²) in [4.78, 5) is 23.8. The Kier molecular flexibility index (Phi) is 7.45. The maximum atomic E-state index is 12.1. The highest BCUT2D eigenvalue weighted by Crippen LogP contribution is 2.30. The van der Waals surface area contributed by atoms with Gasteiger partial charge in [0.05, 0.1) is 12.7 Å². The third-order valence-corrected chi connectivity index (χ3v) is 3.41. The molecule has 0 bridgehead atoms. The van der Waals surface area contributed by atoms with Crippen molar-refractivity contribution >= 4 is 52.4 Å². The average Bonchev–Trinajstić information content (AvgIpc) is 2.47. The van der Waals surface area contributed by atoms with Crippen LogP contribution in [0.5, 0.6) is 5.75 Å². The molecule has 1 amide bonds. The Labute approximate surface area is 150 Å². The van der Waals surface area contributed by atoms with Gasteiger partial charge in [0.15, 0.2) is 0 Å². The summed E-state index contributed by atoms with van der Waals surface area (Å²) >= 11 is 16.5. The van der Waals surface area contributed by atoms with Gasteiger partial charge in [0.1, 0.15) is 11.3 Å². The van der Waals surface area contributed by atoms with Crippen LogP contribution < -0.4 is 10.1 Å². The second kappa shape index (κ2) is 8.62. The molecule has 0 fully saturated rings. The molecule has 1 unspecified atom stereocenters. The van der Waals surface area contributed by atoms with Crippen LogP contribution >= 0.6 is 34.8 Å². The van der Waals surface area contributed by atoms with E-state index < -0.39 is 15.7 Å². The van der Waals surface area contributed by atoms with Gasteiger partial charge in [-0.2, -0.15) is 0 Å². The maximum Gasteiger partial charge on any atom is 0.341 e. The zero-order chi connectivity index (χ0) is 17.6. The van der Waals surface area contributed by atoms with Crippen LogP contribution in [0.15, 0.2) is 18.2 Å². The van der Waals surface area contributed by atoms with Crippen LogP contribution in [-0.4, -0.2) is 28.4 Å². The van der Waals surface area contributed by atoms with Crippen molar-refractivity contribution in [2.75, 3.05) is 11.9 Å². The molecule has 23 heavy (non-hydrogen) atoms. The first kappa shape index (κ1) is 19.9. The topological polar surface area (TPSA) is 64.6 Å². The van der Waals surface area contributed by atoms with E-state index in [0.717, 1.165) is 6.42 Å². The summed E-state index contributed by atoms with van der Waals surface area (Å²) in [5.41, 5.74) is 0.482. The molecule has 5 nitrogen and oxygen atoms in total. The fourth-order valence-corrected chi connectivity index (χ4v) is 1.72. The molecule has 0 radical (unpaired) electrons. The summed E-state index contributed by atoms with van der Waals surface area (Å²) in [5.74, 6) is -1.02. The number of anilines is 1.